The molecule has 22 heavy (non-hydrogen) atoms. The van der Waals surface area contributed by atoms with E-state index >= 15 is 0 Å². The van der Waals surface area contributed by atoms with Crippen molar-refractivity contribution in [3.63, 3.8) is 0 Å². The predicted octanol–water partition coefficient (Wildman–Crippen LogP) is 3.34. The molecule has 0 spiro atoms. The lowest BCUT2D eigenvalue weighted by Crippen LogP contribution is -2.17. The molecule has 2 aromatic rings. The van der Waals surface area contributed by atoms with E-state index in [9.17, 15) is 14.0 Å². The third-order valence-corrected chi connectivity index (χ3v) is 3.55. The van der Waals surface area contributed by atoms with E-state index in [0.29, 0.717) is 22.1 Å². The van der Waals surface area contributed by atoms with Gasteiger partial charge in [0.05, 0.1) is 4.91 Å². The van der Waals surface area contributed by atoms with Crippen molar-refractivity contribution in [3.8, 4) is 11.6 Å². The van der Waals surface area contributed by atoms with Crippen molar-refractivity contribution < 1.29 is 18.7 Å². The lowest BCUT2D eigenvalue weighted by atomic mass is 10.2. The number of imide groups is 1. The van der Waals surface area contributed by atoms with Crippen molar-refractivity contribution in [2.45, 2.75) is 0 Å². The molecule has 1 aromatic carbocycles. The number of hydrogen-bond acceptors (Lipinski definition) is 5. The molecule has 0 aliphatic carbocycles. The fraction of sp³-hybridized carbons (Fsp3) is 0. The van der Waals surface area contributed by atoms with Gasteiger partial charge in [-0.1, -0.05) is 0 Å². The number of carbonyl (C=O) groups excluding carboxylic acids is 2. The van der Waals surface area contributed by atoms with Crippen LogP contribution in [-0.4, -0.2) is 16.1 Å². The van der Waals surface area contributed by atoms with Crippen molar-refractivity contribution in [1.29, 1.82) is 0 Å². The summed E-state index contributed by atoms with van der Waals surface area (Å²) in [5.41, 5.74) is 0.666. The van der Waals surface area contributed by atoms with E-state index in [4.69, 9.17) is 4.74 Å². The van der Waals surface area contributed by atoms with Gasteiger partial charge in [0.2, 0.25) is 5.88 Å². The first kappa shape index (κ1) is 14.3. The van der Waals surface area contributed by atoms with Crippen LogP contribution in [0.4, 0.5) is 9.18 Å². The molecule has 1 aromatic heterocycles. The van der Waals surface area contributed by atoms with Gasteiger partial charge in [-0.05, 0) is 53.7 Å². The first-order chi connectivity index (χ1) is 10.6. The molecule has 3 rings (SSSR count). The highest BCUT2D eigenvalue weighted by molar-refractivity contribution is 8.18. The number of pyridine rings is 1. The number of thioether (sulfide) groups is 1. The summed E-state index contributed by atoms with van der Waals surface area (Å²) in [6, 6.07) is 8.91. The number of nitrogens with one attached hydrogen (secondary N) is 1. The Morgan fingerprint density at radius 1 is 1.14 bits per heavy atom. The first-order valence-electron chi connectivity index (χ1n) is 6.24. The zero-order valence-corrected chi connectivity index (χ0v) is 11.9. The van der Waals surface area contributed by atoms with Gasteiger partial charge in [0, 0.05) is 12.3 Å². The zero-order valence-electron chi connectivity index (χ0n) is 11.1. The molecule has 1 aliphatic rings. The van der Waals surface area contributed by atoms with Crippen LogP contribution in [0, 0.1) is 5.82 Å². The number of benzene rings is 1. The normalized spacial score (nSPS) is 16.0. The number of amides is 2. The Labute approximate surface area is 129 Å². The highest BCUT2D eigenvalue weighted by Gasteiger charge is 2.24. The van der Waals surface area contributed by atoms with Gasteiger partial charge in [-0.2, -0.15) is 0 Å². The quantitative estimate of drug-likeness (QED) is 0.880. The Morgan fingerprint density at radius 2 is 1.91 bits per heavy atom. The molecule has 1 N–H and O–H groups in total. The van der Waals surface area contributed by atoms with Crippen molar-refractivity contribution >= 4 is 29.0 Å². The van der Waals surface area contributed by atoms with Crippen LogP contribution in [0.2, 0.25) is 0 Å². The monoisotopic (exact) mass is 316 g/mol. The lowest BCUT2D eigenvalue weighted by Gasteiger charge is -2.04. The second kappa shape index (κ2) is 5.98. The molecular formula is C15H9FN2O3S. The average molecular weight is 316 g/mol. The minimum atomic E-state index is -0.415. The Kier molecular flexibility index (Phi) is 3.88. The van der Waals surface area contributed by atoms with Crippen LogP contribution in [0.15, 0.2) is 47.5 Å². The summed E-state index contributed by atoms with van der Waals surface area (Å²) < 4.78 is 18.3. The largest absolute Gasteiger partial charge is 0.439 e. The number of carbonyl (C=O) groups is 2. The summed E-state index contributed by atoms with van der Waals surface area (Å²) in [5.74, 6) is 0.0514. The van der Waals surface area contributed by atoms with E-state index < -0.39 is 5.91 Å². The van der Waals surface area contributed by atoms with Gasteiger partial charge in [0.25, 0.3) is 11.1 Å². The SMILES string of the molecule is O=C1NC(=O)/C(=C\c2ccc(Oc3ccc(F)cc3)nc2)S1. The van der Waals surface area contributed by atoms with E-state index in [1.165, 1.54) is 30.5 Å². The van der Waals surface area contributed by atoms with E-state index in [1.807, 2.05) is 0 Å². The van der Waals surface area contributed by atoms with Crippen molar-refractivity contribution in [2.75, 3.05) is 0 Å². The second-order valence-corrected chi connectivity index (χ2v) is 5.35. The molecule has 0 unspecified atom stereocenters. The van der Waals surface area contributed by atoms with Crippen LogP contribution in [0.5, 0.6) is 11.6 Å². The van der Waals surface area contributed by atoms with E-state index in [1.54, 1.807) is 18.2 Å². The van der Waals surface area contributed by atoms with Crippen molar-refractivity contribution in [3.05, 3.63) is 58.9 Å². The Hall–Kier alpha value is -2.67. The molecule has 1 aliphatic heterocycles. The van der Waals surface area contributed by atoms with Gasteiger partial charge in [-0.25, -0.2) is 9.37 Å². The summed E-state index contributed by atoms with van der Waals surface area (Å²) in [6.07, 6.45) is 3.09. The molecule has 5 nitrogen and oxygen atoms in total. The third kappa shape index (κ3) is 3.32. The number of ether oxygens (including phenoxy) is 1. The molecule has 2 amide bonds. The van der Waals surface area contributed by atoms with E-state index in [2.05, 4.69) is 10.3 Å². The van der Waals surface area contributed by atoms with Gasteiger partial charge in [-0.3, -0.25) is 14.9 Å². The minimum Gasteiger partial charge on any atom is -0.439 e. The van der Waals surface area contributed by atoms with E-state index in [0.717, 1.165) is 11.8 Å². The molecule has 7 heteroatoms. The average Bonchev–Trinajstić information content (AvgIpc) is 2.81. The summed E-state index contributed by atoms with van der Waals surface area (Å²) in [4.78, 5) is 26.9. The van der Waals surface area contributed by atoms with Crippen LogP contribution in [0.1, 0.15) is 5.56 Å². The molecular weight excluding hydrogens is 307 g/mol. The fourth-order valence-electron chi connectivity index (χ4n) is 1.73. The molecule has 1 fully saturated rings. The molecule has 1 saturated heterocycles. The number of nitrogens with zero attached hydrogens (tertiary/aromatic N) is 1. The molecule has 110 valence electrons. The molecule has 0 atom stereocenters. The lowest BCUT2D eigenvalue weighted by molar-refractivity contribution is -0.115. The maximum atomic E-state index is 12.8. The topological polar surface area (TPSA) is 68.3 Å². The Bertz CT molecular complexity index is 757. The minimum absolute atomic E-state index is 0.319. The maximum Gasteiger partial charge on any atom is 0.290 e. The third-order valence-electron chi connectivity index (χ3n) is 2.74. The van der Waals surface area contributed by atoms with Gasteiger partial charge in [0.1, 0.15) is 11.6 Å². The summed E-state index contributed by atoms with van der Waals surface area (Å²) in [6.45, 7) is 0. The number of aromatic nitrogens is 1. The summed E-state index contributed by atoms with van der Waals surface area (Å²) >= 11 is 0.844. The highest BCUT2D eigenvalue weighted by Crippen LogP contribution is 2.26. The highest BCUT2D eigenvalue weighted by atomic mass is 32.2. The molecule has 0 radical (unpaired) electrons. The van der Waals surface area contributed by atoms with Crippen LogP contribution in [0.25, 0.3) is 6.08 Å². The Balaban J connectivity index is 1.73. The fourth-order valence-corrected chi connectivity index (χ4v) is 2.42. The molecule has 2 heterocycles. The van der Waals surface area contributed by atoms with Crippen LogP contribution in [0.3, 0.4) is 0 Å². The second-order valence-electron chi connectivity index (χ2n) is 4.34. The first-order valence-corrected chi connectivity index (χ1v) is 7.06. The maximum absolute atomic E-state index is 12.8. The number of halogens is 1. The predicted molar refractivity (Wildman–Crippen MR) is 79.8 cm³/mol. The molecule has 0 saturated carbocycles. The molecule has 0 bridgehead atoms. The van der Waals surface area contributed by atoms with Gasteiger partial charge in [0.15, 0.2) is 0 Å². The number of rotatable bonds is 3. The van der Waals surface area contributed by atoms with Crippen molar-refractivity contribution in [1.82, 2.24) is 10.3 Å². The van der Waals surface area contributed by atoms with Gasteiger partial charge < -0.3 is 4.74 Å². The smallest absolute Gasteiger partial charge is 0.290 e. The Morgan fingerprint density at radius 3 is 2.50 bits per heavy atom. The standard InChI is InChI=1S/C15H9FN2O3S/c16-10-2-4-11(5-3-10)21-13-6-1-9(8-17-13)7-12-14(19)18-15(20)22-12/h1-8H,(H,18,19,20)/b12-7+. The van der Waals surface area contributed by atoms with Crippen molar-refractivity contribution in [2.24, 2.45) is 0 Å². The summed E-state index contributed by atoms with van der Waals surface area (Å²) in [5, 5.41) is 1.79. The zero-order chi connectivity index (χ0) is 15.5. The van der Waals surface area contributed by atoms with E-state index in [-0.39, 0.29) is 11.1 Å². The van der Waals surface area contributed by atoms with Gasteiger partial charge in [-0.15, -0.1) is 0 Å². The van der Waals surface area contributed by atoms with Crippen LogP contribution >= 0.6 is 11.8 Å². The number of hydrogen-bond donors (Lipinski definition) is 1. The van der Waals surface area contributed by atoms with Crippen LogP contribution < -0.4 is 10.1 Å². The van der Waals surface area contributed by atoms with Gasteiger partial charge >= 0.3 is 0 Å². The van der Waals surface area contributed by atoms with Crippen LogP contribution in [-0.2, 0) is 4.79 Å². The summed E-state index contributed by atoms with van der Waals surface area (Å²) in [7, 11) is 0.